The molecule has 0 unspecified atom stereocenters. The van der Waals surface area contributed by atoms with Crippen molar-refractivity contribution in [3.63, 3.8) is 0 Å². The van der Waals surface area contributed by atoms with Crippen LogP contribution in [0.5, 0.6) is 5.75 Å². The van der Waals surface area contributed by atoms with Gasteiger partial charge in [0, 0.05) is 18.7 Å². The minimum absolute atomic E-state index is 0.0245. The van der Waals surface area contributed by atoms with E-state index >= 15 is 0 Å². The summed E-state index contributed by atoms with van der Waals surface area (Å²) < 4.78 is 5.49. The number of benzene rings is 1. The Kier molecular flexibility index (Phi) is 5.05. The van der Waals surface area contributed by atoms with Crippen molar-refractivity contribution in [1.82, 2.24) is 4.90 Å². The van der Waals surface area contributed by atoms with Crippen LogP contribution in [0.25, 0.3) is 0 Å². The highest BCUT2D eigenvalue weighted by atomic mass is 35.5. The molecule has 1 heterocycles. The molecule has 5 heteroatoms. The summed E-state index contributed by atoms with van der Waals surface area (Å²) in [4.78, 5) is 13.8. The first-order valence-corrected chi connectivity index (χ1v) is 6.89. The van der Waals surface area contributed by atoms with E-state index in [4.69, 9.17) is 16.3 Å². The number of hydrogen-bond acceptors (Lipinski definition) is 3. The third-order valence-electron chi connectivity index (χ3n) is 3.27. The van der Waals surface area contributed by atoms with Crippen LogP contribution in [-0.4, -0.2) is 35.6 Å². The fourth-order valence-corrected chi connectivity index (χ4v) is 2.46. The molecule has 0 aliphatic carbocycles. The van der Waals surface area contributed by atoms with Gasteiger partial charge in [-0.15, -0.1) is 0 Å². The third kappa shape index (κ3) is 3.61. The number of amides is 1. The second kappa shape index (κ2) is 6.78. The number of para-hydroxylation sites is 1. The normalized spacial score (nSPS) is 15.4. The number of halogens is 1. The Morgan fingerprint density at radius 1 is 1.32 bits per heavy atom. The van der Waals surface area contributed by atoms with Crippen molar-refractivity contribution in [2.75, 3.05) is 19.7 Å². The van der Waals surface area contributed by atoms with Gasteiger partial charge in [-0.25, -0.2) is 0 Å². The summed E-state index contributed by atoms with van der Waals surface area (Å²) in [6, 6.07) is 5.15. The molecule has 1 aliphatic rings. The predicted molar refractivity (Wildman–Crippen MR) is 73.3 cm³/mol. The molecule has 1 amide bonds. The Balaban J connectivity index is 1.96. The molecule has 0 saturated carbocycles. The Hall–Kier alpha value is -1.26. The molecule has 4 nitrogen and oxygen atoms in total. The summed E-state index contributed by atoms with van der Waals surface area (Å²) in [7, 11) is 0. The van der Waals surface area contributed by atoms with E-state index in [1.807, 2.05) is 4.90 Å². The van der Waals surface area contributed by atoms with Gasteiger partial charge in [0.1, 0.15) is 5.75 Å². The maximum Gasteiger partial charge on any atom is 0.260 e. The average Bonchev–Trinajstić information content (AvgIpc) is 2.46. The molecule has 1 aromatic rings. The SMILES string of the molecule is O=C(COc1c(Cl)cccc1CO)N1CCCCC1. The van der Waals surface area contributed by atoms with Crippen molar-refractivity contribution in [3.05, 3.63) is 28.8 Å². The first kappa shape index (κ1) is 14.2. The van der Waals surface area contributed by atoms with Crippen molar-refractivity contribution in [2.45, 2.75) is 25.9 Å². The first-order valence-electron chi connectivity index (χ1n) is 6.51. The zero-order valence-corrected chi connectivity index (χ0v) is 11.5. The maximum absolute atomic E-state index is 12.0. The number of aliphatic hydroxyl groups excluding tert-OH is 1. The summed E-state index contributed by atoms with van der Waals surface area (Å²) >= 11 is 6.02. The highest BCUT2D eigenvalue weighted by Crippen LogP contribution is 2.28. The molecule has 2 rings (SSSR count). The van der Waals surface area contributed by atoms with Gasteiger partial charge in [-0.3, -0.25) is 4.79 Å². The second-order valence-corrected chi connectivity index (χ2v) is 5.02. The number of likely N-dealkylation sites (tertiary alicyclic amines) is 1. The van der Waals surface area contributed by atoms with Crippen molar-refractivity contribution in [2.24, 2.45) is 0 Å². The standard InChI is InChI=1S/C14H18ClNO3/c15-12-6-4-5-11(9-17)14(12)19-10-13(18)16-7-2-1-3-8-16/h4-6,17H,1-3,7-10H2. The van der Waals surface area contributed by atoms with Crippen molar-refractivity contribution < 1.29 is 14.6 Å². The number of piperidine rings is 1. The number of ether oxygens (including phenoxy) is 1. The molecule has 1 aliphatic heterocycles. The van der Waals surface area contributed by atoms with Crippen LogP contribution in [0.15, 0.2) is 18.2 Å². The zero-order chi connectivity index (χ0) is 13.7. The lowest BCUT2D eigenvalue weighted by molar-refractivity contribution is -0.134. The lowest BCUT2D eigenvalue weighted by Crippen LogP contribution is -2.38. The van der Waals surface area contributed by atoms with Gasteiger partial charge in [0.05, 0.1) is 11.6 Å². The Labute approximate surface area is 117 Å². The molecule has 0 spiro atoms. The molecule has 104 valence electrons. The smallest absolute Gasteiger partial charge is 0.260 e. The summed E-state index contributed by atoms with van der Waals surface area (Å²) in [5.41, 5.74) is 0.596. The number of rotatable bonds is 4. The molecule has 0 bridgehead atoms. The Morgan fingerprint density at radius 3 is 2.74 bits per heavy atom. The second-order valence-electron chi connectivity index (χ2n) is 4.62. The molecule has 1 N–H and O–H groups in total. The first-order chi connectivity index (χ1) is 9.22. The van der Waals surface area contributed by atoms with Crippen LogP contribution in [0, 0.1) is 0 Å². The minimum Gasteiger partial charge on any atom is -0.482 e. The summed E-state index contributed by atoms with van der Waals surface area (Å²) in [6.07, 6.45) is 3.29. The monoisotopic (exact) mass is 283 g/mol. The van der Waals surface area contributed by atoms with E-state index < -0.39 is 0 Å². The zero-order valence-electron chi connectivity index (χ0n) is 10.8. The lowest BCUT2D eigenvalue weighted by atomic mass is 10.1. The highest BCUT2D eigenvalue weighted by molar-refractivity contribution is 6.32. The van der Waals surface area contributed by atoms with Crippen LogP contribution in [0.2, 0.25) is 5.02 Å². The number of carbonyl (C=O) groups is 1. The van der Waals surface area contributed by atoms with Gasteiger partial charge >= 0.3 is 0 Å². The molecule has 0 radical (unpaired) electrons. The molecular weight excluding hydrogens is 266 g/mol. The minimum atomic E-state index is -0.159. The van der Waals surface area contributed by atoms with Crippen LogP contribution in [-0.2, 0) is 11.4 Å². The van der Waals surface area contributed by atoms with Gasteiger partial charge < -0.3 is 14.7 Å². The van der Waals surface area contributed by atoms with Crippen LogP contribution >= 0.6 is 11.6 Å². The van der Waals surface area contributed by atoms with Gasteiger partial charge in [0.2, 0.25) is 0 Å². The highest BCUT2D eigenvalue weighted by Gasteiger charge is 2.18. The summed E-state index contributed by atoms with van der Waals surface area (Å²) in [5, 5.41) is 9.64. The molecule has 1 saturated heterocycles. The molecule has 19 heavy (non-hydrogen) atoms. The molecule has 0 aromatic heterocycles. The number of aliphatic hydroxyl groups is 1. The third-order valence-corrected chi connectivity index (χ3v) is 3.57. The maximum atomic E-state index is 12.0. The Morgan fingerprint density at radius 2 is 2.05 bits per heavy atom. The predicted octanol–water partition coefficient (Wildman–Crippen LogP) is 2.22. The van der Waals surface area contributed by atoms with E-state index in [1.165, 1.54) is 6.42 Å². The van der Waals surface area contributed by atoms with E-state index in [-0.39, 0.29) is 19.1 Å². The molecule has 1 aromatic carbocycles. The molecular formula is C14H18ClNO3. The van der Waals surface area contributed by atoms with Crippen molar-refractivity contribution >= 4 is 17.5 Å². The van der Waals surface area contributed by atoms with Crippen molar-refractivity contribution in [3.8, 4) is 5.75 Å². The van der Waals surface area contributed by atoms with E-state index in [0.717, 1.165) is 25.9 Å². The van der Waals surface area contributed by atoms with E-state index in [9.17, 15) is 9.90 Å². The van der Waals surface area contributed by atoms with Crippen LogP contribution in [0.4, 0.5) is 0 Å². The number of hydrogen-bond donors (Lipinski definition) is 1. The van der Waals surface area contributed by atoms with E-state index in [2.05, 4.69) is 0 Å². The van der Waals surface area contributed by atoms with Crippen molar-refractivity contribution in [1.29, 1.82) is 0 Å². The number of carbonyl (C=O) groups excluding carboxylic acids is 1. The van der Waals surface area contributed by atoms with Gasteiger partial charge in [0.15, 0.2) is 6.61 Å². The van der Waals surface area contributed by atoms with E-state index in [1.54, 1.807) is 18.2 Å². The fraction of sp³-hybridized carbons (Fsp3) is 0.500. The topological polar surface area (TPSA) is 49.8 Å². The number of nitrogens with zero attached hydrogens (tertiary/aromatic N) is 1. The van der Waals surface area contributed by atoms with Gasteiger partial charge in [-0.05, 0) is 25.3 Å². The average molecular weight is 284 g/mol. The summed E-state index contributed by atoms with van der Waals surface area (Å²) in [5.74, 6) is 0.375. The summed E-state index contributed by atoms with van der Waals surface area (Å²) in [6.45, 7) is 1.42. The Bertz CT molecular complexity index is 444. The quantitative estimate of drug-likeness (QED) is 0.922. The van der Waals surface area contributed by atoms with Crippen LogP contribution < -0.4 is 4.74 Å². The fourth-order valence-electron chi connectivity index (χ4n) is 2.21. The van der Waals surface area contributed by atoms with Gasteiger partial charge in [-0.2, -0.15) is 0 Å². The van der Waals surface area contributed by atoms with Gasteiger partial charge in [0.25, 0.3) is 5.91 Å². The van der Waals surface area contributed by atoms with Crippen LogP contribution in [0.1, 0.15) is 24.8 Å². The van der Waals surface area contributed by atoms with E-state index in [0.29, 0.717) is 16.3 Å². The molecule has 1 fully saturated rings. The van der Waals surface area contributed by atoms with Gasteiger partial charge in [-0.1, -0.05) is 23.7 Å². The lowest BCUT2D eigenvalue weighted by Gasteiger charge is -2.26. The van der Waals surface area contributed by atoms with Crippen LogP contribution in [0.3, 0.4) is 0 Å². The molecule has 0 atom stereocenters. The largest absolute Gasteiger partial charge is 0.482 e.